The van der Waals surface area contributed by atoms with Gasteiger partial charge in [-0.05, 0) is 25.5 Å². The molecule has 0 amide bonds. The minimum Gasteiger partial charge on any atom is -0.389 e. The number of nitrogens with one attached hydrogen (secondary N) is 1. The fourth-order valence-electron chi connectivity index (χ4n) is 1.73. The SMILES string of the molecule is CCCCCC(C)Nc1ncccc1C(N)=S. The van der Waals surface area contributed by atoms with Gasteiger partial charge in [0.1, 0.15) is 10.8 Å². The van der Waals surface area contributed by atoms with E-state index in [1.54, 1.807) is 6.20 Å². The topological polar surface area (TPSA) is 50.9 Å². The summed E-state index contributed by atoms with van der Waals surface area (Å²) in [6.45, 7) is 4.37. The molecule has 0 aromatic carbocycles. The molecule has 1 atom stereocenters. The zero-order valence-electron chi connectivity index (χ0n) is 10.6. The maximum absolute atomic E-state index is 5.66. The lowest BCUT2D eigenvalue weighted by molar-refractivity contribution is 0.613. The van der Waals surface area contributed by atoms with E-state index >= 15 is 0 Å². The van der Waals surface area contributed by atoms with Crippen LogP contribution in [0.15, 0.2) is 18.3 Å². The second-order valence-corrected chi connectivity index (χ2v) is 4.74. The van der Waals surface area contributed by atoms with Crippen molar-refractivity contribution in [2.75, 3.05) is 5.32 Å². The molecule has 0 radical (unpaired) electrons. The molecule has 1 aromatic rings. The number of hydrogen-bond donors (Lipinski definition) is 2. The Labute approximate surface area is 109 Å². The van der Waals surface area contributed by atoms with Gasteiger partial charge in [-0.15, -0.1) is 0 Å². The maximum atomic E-state index is 5.66. The van der Waals surface area contributed by atoms with E-state index in [9.17, 15) is 0 Å². The van der Waals surface area contributed by atoms with Crippen molar-refractivity contribution in [2.24, 2.45) is 5.73 Å². The summed E-state index contributed by atoms with van der Waals surface area (Å²) in [6, 6.07) is 4.14. The summed E-state index contributed by atoms with van der Waals surface area (Å²) in [6.07, 6.45) is 6.65. The molecule has 0 aliphatic carbocycles. The quantitative estimate of drug-likeness (QED) is 0.577. The molecule has 0 aliphatic heterocycles. The van der Waals surface area contributed by atoms with E-state index < -0.39 is 0 Å². The first-order valence-electron chi connectivity index (χ1n) is 6.16. The van der Waals surface area contributed by atoms with Crippen molar-refractivity contribution >= 4 is 23.0 Å². The minimum absolute atomic E-state index is 0.390. The average Bonchev–Trinajstić information content (AvgIpc) is 2.29. The smallest absolute Gasteiger partial charge is 0.136 e. The summed E-state index contributed by atoms with van der Waals surface area (Å²) in [5.41, 5.74) is 6.49. The van der Waals surface area contributed by atoms with Crippen LogP contribution in [0.5, 0.6) is 0 Å². The van der Waals surface area contributed by atoms with Gasteiger partial charge in [-0.25, -0.2) is 4.98 Å². The molecule has 1 unspecified atom stereocenters. The van der Waals surface area contributed by atoms with Crippen LogP contribution in [0.4, 0.5) is 5.82 Å². The van der Waals surface area contributed by atoms with Crippen molar-refractivity contribution < 1.29 is 0 Å². The zero-order valence-corrected chi connectivity index (χ0v) is 11.4. The number of thiocarbonyl (C=S) groups is 1. The van der Waals surface area contributed by atoms with E-state index in [4.69, 9.17) is 18.0 Å². The summed E-state index contributed by atoms with van der Waals surface area (Å²) in [4.78, 5) is 4.68. The summed E-state index contributed by atoms with van der Waals surface area (Å²) >= 11 is 5.01. The minimum atomic E-state index is 0.390. The van der Waals surface area contributed by atoms with Crippen LogP contribution in [0.3, 0.4) is 0 Å². The molecule has 0 aliphatic rings. The zero-order chi connectivity index (χ0) is 12.7. The molecular formula is C13H21N3S. The molecule has 0 saturated carbocycles. The average molecular weight is 251 g/mol. The third-order valence-electron chi connectivity index (χ3n) is 2.70. The van der Waals surface area contributed by atoms with E-state index in [0.29, 0.717) is 11.0 Å². The highest BCUT2D eigenvalue weighted by molar-refractivity contribution is 7.80. The molecular weight excluding hydrogens is 230 g/mol. The van der Waals surface area contributed by atoms with Crippen LogP contribution in [0.1, 0.15) is 45.1 Å². The van der Waals surface area contributed by atoms with E-state index in [2.05, 4.69) is 24.1 Å². The lowest BCUT2D eigenvalue weighted by Gasteiger charge is -2.16. The highest BCUT2D eigenvalue weighted by Crippen LogP contribution is 2.14. The lowest BCUT2D eigenvalue weighted by Crippen LogP contribution is -2.20. The molecule has 3 nitrogen and oxygen atoms in total. The number of rotatable bonds is 7. The van der Waals surface area contributed by atoms with Crippen LogP contribution in [0, 0.1) is 0 Å². The van der Waals surface area contributed by atoms with Crippen molar-refractivity contribution in [3.63, 3.8) is 0 Å². The molecule has 0 saturated heterocycles. The summed E-state index contributed by atoms with van der Waals surface area (Å²) in [5, 5.41) is 3.37. The Balaban J connectivity index is 2.58. The maximum Gasteiger partial charge on any atom is 0.136 e. The molecule has 94 valence electrons. The van der Waals surface area contributed by atoms with Crippen LogP contribution >= 0.6 is 12.2 Å². The Morgan fingerprint density at radius 1 is 1.53 bits per heavy atom. The van der Waals surface area contributed by atoms with Gasteiger partial charge in [0, 0.05) is 12.2 Å². The first-order valence-corrected chi connectivity index (χ1v) is 6.57. The summed E-state index contributed by atoms with van der Waals surface area (Å²) < 4.78 is 0. The van der Waals surface area contributed by atoms with Gasteiger partial charge in [0.25, 0.3) is 0 Å². The third-order valence-corrected chi connectivity index (χ3v) is 2.92. The van der Waals surface area contributed by atoms with E-state index in [1.807, 2.05) is 12.1 Å². The van der Waals surface area contributed by atoms with Gasteiger partial charge in [0.05, 0.1) is 5.56 Å². The largest absolute Gasteiger partial charge is 0.389 e. The van der Waals surface area contributed by atoms with Crippen molar-refractivity contribution in [3.8, 4) is 0 Å². The number of anilines is 1. The predicted molar refractivity (Wildman–Crippen MR) is 77.4 cm³/mol. The molecule has 0 bridgehead atoms. The first kappa shape index (κ1) is 13.9. The van der Waals surface area contributed by atoms with E-state index in [-0.39, 0.29) is 0 Å². The van der Waals surface area contributed by atoms with Crippen LogP contribution in [0.2, 0.25) is 0 Å². The fraction of sp³-hybridized carbons (Fsp3) is 0.538. The fourth-order valence-corrected chi connectivity index (χ4v) is 1.89. The van der Waals surface area contributed by atoms with Gasteiger partial charge < -0.3 is 11.1 Å². The molecule has 3 N–H and O–H groups in total. The molecule has 17 heavy (non-hydrogen) atoms. The van der Waals surface area contributed by atoms with Gasteiger partial charge in [-0.3, -0.25) is 0 Å². The monoisotopic (exact) mass is 251 g/mol. The number of unbranched alkanes of at least 4 members (excludes halogenated alkanes) is 2. The van der Waals surface area contributed by atoms with Crippen LogP contribution in [0.25, 0.3) is 0 Å². The second kappa shape index (κ2) is 7.22. The van der Waals surface area contributed by atoms with Crippen molar-refractivity contribution in [1.82, 2.24) is 4.98 Å². The Morgan fingerprint density at radius 3 is 2.94 bits per heavy atom. The molecule has 0 spiro atoms. The molecule has 1 rings (SSSR count). The van der Waals surface area contributed by atoms with Gasteiger partial charge in [-0.2, -0.15) is 0 Å². The highest BCUT2D eigenvalue weighted by atomic mass is 32.1. The molecule has 1 aromatic heterocycles. The summed E-state index contributed by atoms with van der Waals surface area (Å²) in [7, 11) is 0. The van der Waals surface area contributed by atoms with Crippen LogP contribution in [-0.4, -0.2) is 16.0 Å². The Kier molecular flexibility index (Phi) is 5.91. The first-order chi connectivity index (χ1) is 8.15. The Bertz CT molecular complexity index is 365. The van der Waals surface area contributed by atoms with E-state index in [0.717, 1.165) is 17.8 Å². The van der Waals surface area contributed by atoms with Gasteiger partial charge in [0.15, 0.2) is 0 Å². The third kappa shape index (κ3) is 4.69. The number of hydrogen-bond acceptors (Lipinski definition) is 3. The van der Waals surface area contributed by atoms with Crippen molar-refractivity contribution in [1.29, 1.82) is 0 Å². The lowest BCUT2D eigenvalue weighted by atomic mass is 10.1. The Hall–Kier alpha value is -1.16. The number of nitrogens with zero attached hydrogens (tertiary/aromatic N) is 1. The normalized spacial score (nSPS) is 12.1. The van der Waals surface area contributed by atoms with Crippen molar-refractivity contribution in [3.05, 3.63) is 23.9 Å². The second-order valence-electron chi connectivity index (χ2n) is 4.30. The van der Waals surface area contributed by atoms with Crippen LogP contribution in [-0.2, 0) is 0 Å². The standard InChI is InChI=1S/C13H21N3S/c1-3-4-5-7-10(2)16-13-11(12(14)17)8-6-9-15-13/h6,8-10H,3-5,7H2,1-2H3,(H2,14,17)(H,15,16). The molecule has 0 fully saturated rings. The molecule has 4 heteroatoms. The highest BCUT2D eigenvalue weighted by Gasteiger charge is 2.08. The van der Waals surface area contributed by atoms with Crippen LogP contribution < -0.4 is 11.1 Å². The number of aromatic nitrogens is 1. The number of pyridine rings is 1. The van der Waals surface area contributed by atoms with Gasteiger partial charge in [-0.1, -0.05) is 38.4 Å². The Morgan fingerprint density at radius 2 is 2.29 bits per heavy atom. The van der Waals surface area contributed by atoms with Gasteiger partial charge in [0.2, 0.25) is 0 Å². The molecule has 1 heterocycles. The predicted octanol–water partition coefficient (Wildman–Crippen LogP) is 3.10. The van der Waals surface area contributed by atoms with Crippen molar-refractivity contribution in [2.45, 2.75) is 45.6 Å². The van der Waals surface area contributed by atoms with Gasteiger partial charge >= 0.3 is 0 Å². The van der Waals surface area contributed by atoms with E-state index in [1.165, 1.54) is 19.3 Å². The summed E-state index contributed by atoms with van der Waals surface area (Å²) in [5.74, 6) is 0.795. The number of nitrogens with two attached hydrogens (primary N) is 1.